The summed E-state index contributed by atoms with van der Waals surface area (Å²) in [5.74, 6) is -1.29. The van der Waals surface area contributed by atoms with Gasteiger partial charge < -0.3 is 10.1 Å². The molecule has 31 heavy (non-hydrogen) atoms. The maximum Gasteiger partial charge on any atom is 0.338 e. The summed E-state index contributed by atoms with van der Waals surface area (Å²) in [5.41, 5.74) is 2.60. The minimum Gasteiger partial charge on any atom is -0.452 e. The number of rotatable bonds is 6. The Morgan fingerprint density at radius 2 is 1.81 bits per heavy atom. The molecule has 166 valence electrons. The Morgan fingerprint density at radius 3 is 2.52 bits per heavy atom. The van der Waals surface area contributed by atoms with E-state index in [9.17, 15) is 18.0 Å². The number of nitrogens with zero attached hydrogens (tertiary/aromatic N) is 1. The molecule has 0 aliphatic carbocycles. The van der Waals surface area contributed by atoms with Crippen LogP contribution in [-0.2, 0) is 19.6 Å². The lowest BCUT2D eigenvalue weighted by Gasteiger charge is -2.26. The van der Waals surface area contributed by atoms with E-state index in [-0.39, 0.29) is 15.5 Å². The number of anilines is 1. The molecule has 0 radical (unpaired) electrons. The van der Waals surface area contributed by atoms with Crippen molar-refractivity contribution in [2.24, 2.45) is 0 Å². The maximum absolute atomic E-state index is 12.9. The Kier molecular flexibility index (Phi) is 7.35. The first-order valence-corrected chi connectivity index (χ1v) is 11.8. The number of nitrogens with one attached hydrogen (secondary N) is 1. The molecular weight excluding hydrogens is 440 g/mol. The molecule has 0 spiro atoms. The molecule has 1 aliphatic rings. The Balaban J connectivity index is 1.69. The van der Waals surface area contributed by atoms with Crippen molar-refractivity contribution in [3.63, 3.8) is 0 Å². The van der Waals surface area contributed by atoms with Crippen LogP contribution in [0, 0.1) is 13.8 Å². The van der Waals surface area contributed by atoms with Crippen LogP contribution in [0.1, 0.15) is 40.7 Å². The highest BCUT2D eigenvalue weighted by Gasteiger charge is 2.29. The average molecular weight is 465 g/mol. The number of hydrogen-bond donors (Lipinski definition) is 1. The molecule has 1 fully saturated rings. The monoisotopic (exact) mass is 464 g/mol. The predicted molar refractivity (Wildman–Crippen MR) is 119 cm³/mol. The number of esters is 1. The molecule has 7 nitrogen and oxygen atoms in total. The quantitative estimate of drug-likeness (QED) is 0.654. The van der Waals surface area contributed by atoms with Crippen LogP contribution in [0.3, 0.4) is 0 Å². The lowest BCUT2D eigenvalue weighted by Crippen LogP contribution is -2.35. The van der Waals surface area contributed by atoms with Gasteiger partial charge in [0.05, 0.1) is 10.6 Å². The van der Waals surface area contributed by atoms with E-state index in [1.807, 2.05) is 26.0 Å². The van der Waals surface area contributed by atoms with Gasteiger partial charge in [-0.25, -0.2) is 13.2 Å². The molecule has 1 heterocycles. The van der Waals surface area contributed by atoms with Crippen molar-refractivity contribution in [3.05, 3.63) is 58.1 Å². The Morgan fingerprint density at radius 1 is 1.10 bits per heavy atom. The van der Waals surface area contributed by atoms with Gasteiger partial charge in [0.2, 0.25) is 10.0 Å². The number of piperidine rings is 1. The lowest BCUT2D eigenvalue weighted by atomic mass is 10.1. The topological polar surface area (TPSA) is 92.8 Å². The molecule has 1 amide bonds. The fraction of sp³-hybridized carbons (Fsp3) is 0.364. The van der Waals surface area contributed by atoms with Gasteiger partial charge in [0.1, 0.15) is 4.90 Å². The zero-order valence-corrected chi connectivity index (χ0v) is 19.1. The second-order valence-corrected chi connectivity index (χ2v) is 9.80. The molecule has 2 aromatic rings. The van der Waals surface area contributed by atoms with Gasteiger partial charge in [-0.2, -0.15) is 4.31 Å². The minimum absolute atomic E-state index is 0.0134. The summed E-state index contributed by atoms with van der Waals surface area (Å²) in [6.07, 6.45) is 2.55. The summed E-state index contributed by atoms with van der Waals surface area (Å²) in [6, 6.07) is 9.45. The molecule has 3 rings (SSSR count). The molecule has 0 aromatic heterocycles. The maximum atomic E-state index is 12.9. The summed E-state index contributed by atoms with van der Waals surface area (Å²) in [4.78, 5) is 24.5. The summed E-state index contributed by atoms with van der Waals surface area (Å²) >= 11 is 6.13. The molecule has 1 N–H and O–H groups in total. The third-order valence-electron chi connectivity index (χ3n) is 5.31. The normalized spacial score (nSPS) is 14.8. The van der Waals surface area contributed by atoms with Crippen LogP contribution in [0.2, 0.25) is 5.02 Å². The molecule has 1 saturated heterocycles. The van der Waals surface area contributed by atoms with Gasteiger partial charge in [0.15, 0.2) is 6.61 Å². The third kappa shape index (κ3) is 5.44. The summed E-state index contributed by atoms with van der Waals surface area (Å²) in [5, 5.41) is 2.74. The van der Waals surface area contributed by atoms with E-state index in [4.69, 9.17) is 16.3 Å². The van der Waals surface area contributed by atoms with Gasteiger partial charge >= 0.3 is 5.97 Å². The second kappa shape index (κ2) is 9.80. The van der Waals surface area contributed by atoms with Crippen LogP contribution in [0.25, 0.3) is 0 Å². The molecule has 9 heteroatoms. The Labute approximate surface area is 187 Å². The number of hydrogen-bond acceptors (Lipinski definition) is 5. The van der Waals surface area contributed by atoms with Crippen molar-refractivity contribution in [2.45, 2.75) is 38.0 Å². The number of benzene rings is 2. The van der Waals surface area contributed by atoms with Crippen LogP contribution in [0.4, 0.5) is 5.69 Å². The highest BCUT2D eigenvalue weighted by Crippen LogP contribution is 2.28. The van der Waals surface area contributed by atoms with Crippen molar-refractivity contribution < 1.29 is 22.7 Å². The number of carbonyl (C=O) groups excluding carboxylic acids is 2. The second-order valence-electron chi connectivity index (χ2n) is 7.48. The number of halogens is 1. The van der Waals surface area contributed by atoms with Crippen molar-refractivity contribution in [2.75, 3.05) is 25.0 Å². The van der Waals surface area contributed by atoms with Crippen molar-refractivity contribution >= 4 is 39.2 Å². The Hall–Kier alpha value is -2.42. The zero-order chi connectivity index (χ0) is 22.6. The largest absolute Gasteiger partial charge is 0.452 e. The van der Waals surface area contributed by atoms with Crippen LogP contribution in [0.5, 0.6) is 0 Å². The standard InChI is InChI=1S/C22H25ClN2O5S/c1-15-7-6-8-19(16(15)2)24-21(26)14-30-22(27)17-9-10-18(23)20(13-17)31(28,29)25-11-4-3-5-12-25/h6-10,13H,3-5,11-12,14H2,1-2H3,(H,24,26). The van der Waals surface area contributed by atoms with Crippen molar-refractivity contribution in [1.82, 2.24) is 4.31 Å². The van der Waals surface area contributed by atoms with Crippen molar-refractivity contribution in [3.8, 4) is 0 Å². The molecule has 0 unspecified atom stereocenters. The van der Waals surface area contributed by atoms with Gasteiger partial charge in [-0.15, -0.1) is 0 Å². The molecule has 0 bridgehead atoms. The summed E-state index contributed by atoms with van der Waals surface area (Å²) < 4.78 is 32.3. The highest BCUT2D eigenvalue weighted by molar-refractivity contribution is 7.89. The van der Waals surface area contributed by atoms with Crippen LogP contribution in [0.15, 0.2) is 41.3 Å². The van der Waals surface area contributed by atoms with E-state index in [0.717, 1.165) is 30.4 Å². The highest BCUT2D eigenvalue weighted by atomic mass is 35.5. The van der Waals surface area contributed by atoms with E-state index in [1.165, 1.54) is 22.5 Å². The first-order valence-electron chi connectivity index (χ1n) is 10.0. The molecular formula is C22H25ClN2O5S. The van der Waals surface area contributed by atoms with Gasteiger partial charge in [0, 0.05) is 18.8 Å². The lowest BCUT2D eigenvalue weighted by molar-refractivity contribution is -0.119. The molecule has 2 aromatic carbocycles. The van der Waals surface area contributed by atoms with Gasteiger partial charge in [-0.05, 0) is 62.1 Å². The fourth-order valence-electron chi connectivity index (χ4n) is 3.36. The Bertz CT molecular complexity index is 1100. The number of amides is 1. The predicted octanol–water partition coefficient (Wildman–Crippen LogP) is 3.93. The fourth-order valence-corrected chi connectivity index (χ4v) is 5.38. The van der Waals surface area contributed by atoms with Gasteiger partial charge in [-0.1, -0.05) is 30.2 Å². The van der Waals surface area contributed by atoms with Gasteiger partial charge in [0.25, 0.3) is 5.91 Å². The van der Waals surface area contributed by atoms with Gasteiger partial charge in [-0.3, -0.25) is 4.79 Å². The van der Waals surface area contributed by atoms with Crippen molar-refractivity contribution in [1.29, 1.82) is 0 Å². The van der Waals surface area contributed by atoms with E-state index < -0.39 is 28.5 Å². The third-order valence-corrected chi connectivity index (χ3v) is 7.69. The SMILES string of the molecule is Cc1cccc(NC(=O)COC(=O)c2ccc(Cl)c(S(=O)(=O)N3CCCCC3)c2)c1C. The number of carbonyl (C=O) groups is 2. The first-order chi connectivity index (χ1) is 14.7. The van der Waals surface area contributed by atoms with E-state index in [2.05, 4.69) is 5.32 Å². The molecule has 1 aliphatic heterocycles. The smallest absolute Gasteiger partial charge is 0.338 e. The average Bonchev–Trinajstić information content (AvgIpc) is 2.76. The molecule has 0 atom stereocenters. The summed E-state index contributed by atoms with van der Waals surface area (Å²) in [7, 11) is -3.82. The van der Waals surface area contributed by atoms with E-state index >= 15 is 0 Å². The van der Waals surface area contributed by atoms with E-state index in [0.29, 0.717) is 18.8 Å². The number of sulfonamides is 1. The first kappa shape index (κ1) is 23.2. The minimum atomic E-state index is -3.82. The van der Waals surface area contributed by atoms with Crippen LogP contribution >= 0.6 is 11.6 Å². The zero-order valence-electron chi connectivity index (χ0n) is 17.5. The molecule has 0 saturated carbocycles. The van der Waals surface area contributed by atoms with Crippen LogP contribution < -0.4 is 5.32 Å². The summed E-state index contributed by atoms with van der Waals surface area (Å²) in [6.45, 7) is 4.16. The van der Waals surface area contributed by atoms with E-state index in [1.54, 1.807) is 6.07 Å². The number of aryl methyl sites for hydroxylation is 1. The number of ether oxygens (including phenoxy) is 1. The van der Waals surface area contributed by atoms with Crippen LogP contribution in [-0.4, -0.2) is 44.3 Å².